The zero-order valence-corrected chi connectivity index (χ0v) is 13.3. The van der Waals surface area contributed by atoms with Gasteiger partial charge in [-0.3, -0.25) is 4.79 Å². The average molecular weight is 328 g/mol. The summed E-state index contributed by atoms with van der Waals surface area (Å²) >= 11 is 1.60. The van der Waals surface area contributed by atoms with E-state index in [1.807, 2.05) is 50.8 Å². The Morgan fingerprint density at radius 3 is 3.04 bits per heavy atom. The number of nitrogens with zero attached hydrogens (tertiary/aromatic N) is 4. The first-order valence-electron chi connectivity index (χ1n) is 7.54. The predicted molar refractivity (Wildman–Crippen MR) is 86.0 cm³/mol. The second-order valence-electron chi connectivity index (χ2n) is 5.65. The summed E-state index contributed by atoms with van der Waals surface area (Å²) in [5.41, 5.74) is 0.951. The standard InChI is InChI=1S/C16H16N4O2S/c21-14(10-19-5-1-2-6-19)20-7-3-12(9-20)15-17-16(22-18-15)13-4-8-23-11-13/h1-2,4-6,8,11-12H,3,7,9-10H2. The average Bonchev–Trinajstić information content (AvgIpc) is 3.30. The van der Waals surface area contributed by atoms with Crippen LogP contribution in [0.1, 0.15) is 18.2 Å². The van der Waals surface area contributed by atoms with Crippen molar-refractivity contribution in [1.29, 1.82) is 0 Å². The van der Waals surface area contributed by atoms with Crippen molar-refractivity contribution < 1.29 is 9.32 Å². The number of aromatic nitrogens is 3. The summed E-state index contributed by atoms with van der Waals surface area (Å²) < 4.78 is 7.23. The van der Waals surface area contributed by atoms with Gasteiger partial charge in [-0.25, -0.2) is 0 Å². The van der Waals surface area contributed by atoms with E-state index >= 15 is 0 Å². The lowest BCUT2D eigenvalue weighted by molar-refractivity contribution is -0.130. The summed E-state index contributed by atoms with van der Waals surface area (Å²) in [4.78, 5) is 18.7. The summed E-state index contributed by atoms with van der Waals surface area (Å²) in [7, 11) is 0. The van der Waals surface area contributed by atoms with Crippen molar-refractivity contribution in [3.8, 4) is 11.5 Å². The first-order chi connectivity index (χ1) is 11.3. The second kappa shape index (κ2) is 6.00. The molecule has 6 nitrogen and oxygen atoms in total. The van der Waals surface area contributed by atoms with E-state index in [9.17, 15) is 4.79 Å². The molecule has 1 amide bonds. The van der Waals surface area contributed by atoms with Gasteiger partial charge in [-0.15, -0.1) is 0 Å². The Balaban J connectivity index is 1.41. The van der Waals surface area contributed by atoms with Crippen LogP contribution < -0.4 is 0 Å². The van der Waals surface area contributed by atoms with Gasteiger partial charge in [-0.1, -0.05) is 5.16 Å². The monoisotopic (exact) mass is 328 g/mol. The van der Waals surface area contributed by atoms with Crippen LogP contribution in [0.4, 0.5) is 0 Å². The summed E-state index contributed by atoms with van der Waals surface area (Å²) in [5.74, 6) is 1.53. The lowest BCUT2D eigenvalue weighted by Gasteiger charge is -2.16. The first-order valence-corrected chi connectivity index (χ1v) is 8.48. The van der Waals surface area contributed by atoms with Gasteiger partial charge in [0.25, 0.3) is 5.89 Å². The third kappa shape index (κ3) is 2.92. The van der Waals surface area contributed by atoms with Crippen LogP contribution in [-0.2, 0) is 11.3 Å². The highest BCUT2D eigenvalue weighted by molar-refractivity contribution is 7.08. The van der Waals surface area contributed by atoms with Crippen LogP contribution in [0, 0.1) is 0 Å². The van der Waals surface area contributed by atoms with Gasteiger partial charge >= 0.3 is 0 Å². The minimum absolute atomic E-state index is 0.130. The highest BCUT2D eigenvalue weighted by Gasteiger charge is 2.30. The number of rotatable bonds is 4. The number of thiophene rings is 1. The second-order valence-corrected chi connectivity index (χ2v) is 6.43. The van der Waals surface area contributed by atoms with Gasteiger partial charge in [0.2, 0.25) is 5.91 Å². The molecule has 1 atom stereocenters. The SMILES string of the molecule is O=C(Cn1cccc1)N1CCC(c2noc(-c3ccsc3)n2)C1. The molecule has 0 aromatic carbocycles. The smallest absolute Gasteiger partial charge is 0.258 e. The van der Waals surface area contributed by atoms with Gasteiger partial charge in [-0.05, 0) is 30.0 Å². The molecule has 1 fully saturated rings. The van der Waals surface area contributed by atoms with Crippen LogP contribution in [0.5, 0.6) is 0 Å². The Hall–Kier alpha value is -2.41. The van der Waals surface area contributed by atoms with Crippen LogP contribution in [-0.4, -0.2) is 38.6 Å². The highest BCUT2D eigenvalue weighted by Crippen LogP contribution is 2.28. The molecule has 0 aliphatic carbocycles. The van der Waals surface area contributed by atoms with Gasteiger partial charge < -0.3 is 14.0 Å². The fraction of sp³-hybridized carbons (Fsp3) is 0.312. The zero-order valence-electron chi connectivity index (χ0n) is 12.5. The lowest BCUT2D eigenvalue weighted by Crippen LogP contribution is -2.31. The molecule has 1 saturated heterocycles. The van der Waals surface area contributed by atoms with Crippen LogP contribution in [0.25, 0.3) is 11.5 Å². The van der Waals surface area contributed by atoms with Crippen molar-refractivity contribution in [2.75, 3.05) is 13.1 Å². The molecule has 23 heavy (non-hydrogen) atoms. The van der Waals surface area contributed by atoms with Crippen molar-refractivity contribution in [2.24, 2.45) is 0 Å². The zero-order chi connectivity index (χ0) is 15.6. The van der Waals surface area contributed by atoms with Gasteiger partial charge in [0, 0.05) is 36.8 Å². The van der Waals surface area contributed by atoms with Gasteiger partial charge in [0.05, 0.1) is 5.56 Å². The summed E-state index contributed by atoms with van der Waals surface area (Å²) in [5, 5.41) is 8.07. The molecule has 4 rings (SSSR count). The molecule has 3 aromatic rings. The van der Waals surface area contributed by atoms with E-state index in [2.05, 4.69) is 10.1 Å². The number of carbonyl (C=O) groups excluding carboxylic acids is 1. The van der Waals surface area contributed by atoms with E-state index < -0.39 is 0 Å². The molecule has 1 aliphatic rings. The Kier molecular flexibility index (Phi) is 3.70. The van der Waals surface area contributed by atoms with E-state index in [4.69, 9.17) is 4.52 Å². The molecule has 4 heterocycles. The Bertz CT molecular complexity index is 779. The van der Waals surface area contributed by atoms with Crippen molar-refractivity contribution in [1.82, 2.24) is 19.6 Å². The molecule has 0 radical (unpaired) electrons. The van der Waals surface area contributed by atoms with Crippen molar-refractivity contribution in [3.63, 3.8) is 0 Å². The van der Waals surface area contributed by atoms with E-state index in [1.54, 1.807) is 11.3 Å². The maximum absolute atomic E-state index is 12.3. The summed E-state index contributed by atoms with van der Waals surface area (Å²) in [6.07, 6.45) is 4.68. The fourth-order valence-corrected chi connectivity index (χ4v) is 3.46. The van der Waals surface area contributed by atoms with E-state index in [0.29, 0.717) is 24.8 Å². The predicted octanol–water partition coefficient (Wildman–Crippen LogP) is 2.62. The molecule has 3 aromatic heterocycles. The van der Waals surface area contributed by atoms with Crippen molar-refractivity contribution in [2.45, 2.75) is 18.9 Å². The molecular formula is C16H16N4O2S. The number of carbonyl (C=O) groups is 1. The van der Waals surface area contributed by atoms with Crippen LogP contribution in [0.2, 0.25) is 0 Å². The van der Waals surface area contributed by atoms with Gasteiger partial charge in [-0.2, -0.15) is 16.3 Å². The van der Waals surface area contributed by atoms with Crippen LogP contribution in [0.15, 0.2) is 45.9 Å². The topological polar surface area (TPSA) is 64.2 Å². The van der Waals surface area contributed by atoms with Crippen molar-refractivity contribution in [3.05, 3.63) is 47.2 Å². The molecule has 0 saturated carbocycles. The van der Waals surface area contributed by atoms with Gasteiger partial charge in [0.1, 0.15) is 6.54 Å². The number of likely N-dealkylation sites (tertiary alicyclic amines) is 1. The van der Waals surface area contributed by atoms with E-state index in [1.165, 1.54) is 0 Å². The number of hydrogen-bond donors (Lipinski definition) is 0. The molecule has 0 spiro atoms. The van der Waals surface area contributed by atoms with E-state index in [0.717, 1.165) is 18.5 Å². The largest absolute Gasteiger partial charge is 0.345 e. The minimum Gasteiger partial charge on any atom is -0.345 e. The third-order valence-electron chi connectivity index (χ3n) is 4.10. The normalized spacial score (nSPS) is 17.7. The first kappa shape index (κ1) is 14.2. The van der Waals surface area contributed by atoms with Crippen molar-refractivity contribution >= 4 is 17.2 Å². The summed E-state index contributed by atoms with van der Waals surface area (Å²) in [6.45, 7) is 1.78. The number of amides is 1. The maximum Gasteiger partial charge on any atom is 0.258 e. The fourth-order valence-electron chi connectivity index (χ4n) is 2.83. The molecule has 7 heteroatoms. The van der Waals surface area contributed by atoms with Crippen LogP contribution in [0.3, 0.4) is 0 Å². The summed E-state index contributed by atoms with van der Waals surface area (Å²) in [6, 6.07) is 5.81. The Morgan fingerprint density at radius 2 is 2.26 bits per heavy atom. The molecule has 0 bridgehead atoms. The molecule has 1 unspecified atom stereocenters. The van der Waals surface area contributed by atoms with E-state index in [-0.39, 0.29) is 11.8 Å². The molecule has 0 N–H and O–H groups in total. The maximum atomic E-state index is 12.3. The van der Waals surface area contributed by atoms with Crippen LogP contribution >= 0.6 is 11.3 Å². The quantitative estimate of drug-likeness (QED) is 0.738. The lowest BCUT2D eigenvalue weighted by atomic mass is 10.1. The third-order valence-corrected chi connectivity index (χ3v) is 4.78. The molecule has 1 aliphatic heterocycles. The van der Waals surface area contributed by atoms with Gasteiger partial charge in [0.15, 0.2) is 5.82 Å². The Morgan fingerprint density at radius 1 is 1.39 bits per heavy atom. The molecule has 118 valence electrons. The highest BCUT2D eigenvalue weighted by atomic mass is 32.1. The minimum atomic E-state index is 0.130. The Labute approximate surface area is 137 Å². The molecular weight excluding hydrogens is 312 g/mol. The number of hydrogen-bond acceptors (Lipinski definition) is 5.